The Labute approximate surface area is 95.6 Å². The lowest BCUT2D eigenvalue weighted by molar-refractivity contribution is 0.142. The van der Waals surface area contributed by atoms with Crippen LogP contribution in [0.3, 0.4) is 0 Å². The van der Waals surface area contributed by atoms with Gasteiger partial charge in [0.05, 0.1) is 0 Å². The Kier molecular flexibility index (Phi) is 2.48. The summed E-state index contributed by atoms with van der Waals surface area (Å²) in [6.45, 7) is 3.18. The van der Waals surface area contributed by atoms with E-state index in [9.17, 15) is 5.11 Å². The second kappa shape index (κ2) is 3.98. The molecular weight excluding hydrogens is 202 g/mol. The second-order valence-corrected chi connectivity index (χ2v) is 4.70. The van der Waals surface area contributed by atoms with E-state index < -0.39 is 0 Å². The van der Waals surface area contributed by atoms with Crippen molar-refractivity contribution >= 4 is 0 Å². The maximum absolute atomic E-state index is 9.38. The number of rotatable bonds is 1. The molecule has 1 aromatic carbocycles. The van der Waals surface area contributed by atoms with Gasteiger partial charge in [0.15, 0.2) is 0 Å². The summed E-state index contributed by atoms with van der Waals surface area (Å²) in [6, 6.07) is 5.97. The monoisotopic (exact) mass is 219 g/mol. The van der Waals surface area contributed by atoms with Gasteiger partial charge in [-0.25, -0.2) is 0 Å². The zero-order chi connectivity index (χ0) is 11.0. The van der Waals surface area contributed by atoms with E-state index in [4.69, 9.17) is 4.74 Å². The maximum Gasteiger partial charge on any atom is 0.126 e. The van der Waals surface area contributed by atoms with Gasteiger partial charge in [-0.2, -0.15) is 0 Å². The lowest BCUT2D eigenvalue weighted by atomic mass is 10.0. The largest absolute Gasteiger partial charge is 0.508 e. The van der Waals surface area contributed by atoms with Crippen LogP contribution in [-0.4, -0.2) is 35.7 Å². The van der Waals surface area contributed by atoms with Crippen LogP contribution in [0.1, 0.15) is 18.4 Å². The summed E-state index contributed by atoms with van der Waals surface area (Å²) in [5, 5.41) is 9.38. The topological polar surface area (TPSA) is 32.7 Å². The lowest BCUT2D eigenvalue weighted by Crippen LogP contribution is -2.41. The molecule has 1 atom stereocenters. The Balaban J connectivity index is 1.78. The van der Waals surface area contributed by atoms with Crippen molar-refractivity contribution in [3.63, 3.8) is 0 Å². The van der Waals surface area contributed by atoms with Gasteiger partial charge in [0, 0.05) is 12.1 Å². The van der Waals surface area contributed by atoms with Crippen LogP contribution in [0.15, 0.2) is 18.2 Å². The van der Waals surface area contributed by atoms with Gasteiger partial charge in [-0.05, 0) is 44.0 Å². The average Bonchev–Trinajstić information content (AvgIpc) is 2.82. The van der Waals surface area contributed by atoms with Crippen LogP contribution in [0.4, 0.5) is 0 Å². The fourth-order valence-electron chi connectivity index (χ4n) is 2.69. The first-order valence-electron chi connectivity index (χ1n) is 6.02. The Bertz CT molecular complexity index is 386. The summed E-state index contributed by atoms with van der Waals surface area (Å²) in [4.78, 5) is 2.52. The Morgan fingerprint density at radius 3 is 2.88 bits per heavy atom. The van der Waals surface area contributed by atoms with E-state index in [2.05, 4.69) is 4.90 Å². The highest BCUT2D eigenvalue weighted by Gasteiger charge is 2.27. The molecule has 1 N–H and O–H groups in total. The summed E-state index contributed by atoms with van der Waals surface area (Å²) in [6.07, 6.45) is 3.69. The van der Waals surface area contributed by atoms with E-state index >= 15 is 0 Å². The average molecular weight is 219 g/mol. The highest BCUT2D eigenvalue weighted by Crippen LogP contribution is 2.30. The minimum absolute atomic E-state index is 0.290. The van der Waals surface area contributed by atoms with E-state index in [1.165, 1.54) is 31.5 Å². The molecule has 0 spiro atoms. The first kappa shape index (κ1) is 9.97. The number of ether oxygens (including phenoxy) is 1. The number of fused-ring (bicyclic) bond motifs is 1. The molecule has 2 aliphatic rings. The third-order valence-electron chi connectivity index (χ3n) is 3.59. The molecule has 0 radical (unpaired) electrons. The number of hydrogen-bond donors (Lipinski definition) is 1. The van der Waals surface area contributed by atoms with Crippen molar-refractivity contribution in [2.75, 3.05) is 19.7 Å². The number of phenolic OH excluding ortho intramolecular Hbond substituents is 1. The Morgan fingerprint density at radius 2 is 2.06 bits per heavy atom. The van der Waals surface area contributed by atoms with Gasteiger partial charge in [-0.1, -0.05) is 6.07 Å². The maximum atomic E-state index is 9.38. The molecule has 1 aromatic rings. The van der Waals surface area contributed by atoms with Crippen LogP contribution in [0.2, 0.25) is 0 Å². The van der Waals surface area contributed by atoms with E-state index in [1.54, 1.807) is 12.1 Å². The van der Waals surface area contributed by atoms with Crippen LogP contribution in [-0.2, 0) is 6.42 Å². The lowest BCUT2D eigenvalue weighted by Gasteiger charge is -2.32. The summed E-state index contributed by atoms with van der Waals surface area (Å²) >= 11 is 0. The molecule has 3 heteroatoms. The van der Waals surface area contributed by atoms with Crippen molar-refractivity contribution in [2.45, 2.75) is 25.3 Å². The summed E-state index contributed by atoms with van der Waals surface area (Å²) < 4.78 is 5.73. The number of nitrogens with zero attached hydrogens (tertiary/aromatic N) is 1. The summed E-state index contributed by atoms with van der Waals surface area (Å²) in [5.74, 6) is 1.15. The molecule has 2 heterocycles. The Hall–Kier alpha value is -1.22. The smallest absolute Gasteiger partial charge is 0.126 e. The molecule has 1 saturated heterocycles. The van der Waals surface area contributed by atoms with Crippen molar-refractivity contribution in [2.24, 2.45) is 0 Å². The molecule has 0 amide bonds. The zero-order valence-electron chi connectivity index (χ0n) is 9.35. The molecule has 0 saturated carbocycles. The molecule has 1 unspecified atom stereocenters. The van der Waals surface area contributed by atoms with Crippen molar-refractivity contribution in [3.8, 4) is 11.5 Å². The predicted molar refractivity (Wildman–Crippen MR) is 61.9 cm³/mol. The van der Waals surface area contributed by atoms with Crippen LogP contribution in [0, 0.1) is 0 Å². The standard InChI is InChI=1S/C13H17NO2/c15-12-4-3-10-7-11(9-16-13(10)8-12)14-5-1-2-6-14/h3-4,8,11,15H,1-2,5-7,9H2. The van der Waals surface area contributed by atoms with Crippen molar-refractivity contribution in [1.29, 1.82) is 0 Å². The SMILES string of the molecule is Oc1ccc2c(c1)OCC(N1CCCC1)C2. The molecule has 2 aliphatic heterocycles. The fraction of sp³-hybridized carbons (Fsp3) is 0.538. The third-order valence-corrected chi connectivity index (χ3v) is 3.59. The highest BCUT2D eigenvalue weighted by molar-refractivity contribution is 5.41. The van der Waals surface area contributed by atoms with Crippen molar-refractivity contribution < 1.29 is 9.84 Å². The minimum atomic E-state index is 0.290. The molecule has 0 aliphatic carbocycles. The molecule has 86 valence electrons. The normalized spacial score (nSPS) is 25.1. The zero-order valence-corrected chi connectivity index (χ0v) is 9.35. The summed E-state index contributed by atoms with van der Waals surface area (Å²) in [7, 11) is 0. The molecule has 0 bridgehead atoms. The van der Waals surface area contributed by atoms with E-state index in [-0.39, 0.29) is 0 Å². The van der Waals surface area contributed by atoms with Gasteiger partial charge in [0.1, 0.15) is 18.1 Å². The fourth-order valence-corrected chi connectivity index (χ4v) is 2.69. The summed E-state index contributed by atoms with van der Waals surface area (Å²) in [5.41, 5.74) is 1.22. The van der Waals surface area contributed by atoms with E-state index in [0.717, 1.165) is 18.8 Å². The Morgan fingerprint density at radius 1 is 1.25 bits per heavy atom. The van der Waals surface area contributed by atoms with Gasteiger partial charge < -0.3 is 9.84 Å². The van der Waals surface area contributed by atoms with Crippen LogP contribution < -0.4 is 4.74 Å². The van der Waals surface area contributed by atoms with Crippen LogP contribution in [0.5, 0.6) is 11.5 Å². The van der Waals surface area contributed by atoms with Crippen LogP contribution in [0.25, 0.3) is 0 Å². The number of hydrogen-bond acceptors (Lipinski definition) is 3. The minimum Gasteiger partial charge on any atom is -0.508 e. The van der Waals surface area contributed by atoms with Gasteiger partial charge in [-0.15, -0.1) is 0 Å². The molecule has 16 heavy (non-hydrogen) atoms. The van der Waals surface area contributed by atoms with Gasteiger partial charge in [0.25, 0.3) is 0 Å². The first-order chi connectivity index (χ1) is 7.83. The van der Waals surface area contributed by atoms with Gasteiger partial charge >= 0.3 is 0 Å². The molecule has 0 aromatic heterocycles. The first-order valence-corrected chi connectivity index (χ1v) is 6.02. The molecule has 3 nitrogen and oxygen atoms in total. The second-order valence-electron chi connectivity index (χ2n) is 4.70. The highest BCUT2D eigenvalue weighted by atomic mass is 16.5. The third kappa shape index (κ3) is 1.76. The quantitative estimate of drug-likeness (QED) is 0.781. The molecular formula is C13H17NO2. The number of likely N-dealkylation sites (tertiary alicyclic amines) is 1. The number of aromatic hydroxyl groups is 1. The predicted octanol–water partition coefficient (Wildman–Crippen LogP) is 1.79. The van der Waals surface area contributed by atoms with Crippen molar-refractivity contribution in [3.05, 3.63) is 23.8 Å². The van der Waals surface area contributed by atoms with E-state index in [0.29, 0.717) is 11.8 Å². The molecule has 1 fully saturated rings. The number of benzene rings is 1. The van der Waals surface area contributed by atoms with Crippen LogP contribution >= 0.6 is 0 Å². The number of phenols is 1. The molecule has 3 rings (SSSR count). The van der Waals surface area contributed by atoms with Gasteiger partial charge in [-0.3, -0.25) is 4.90 Å². The van der Waals surface area contributed by atoms with E-state index in [1.807, 2.05) is 6.07 Å². The van der Waals surface area contributed by atoms with Gasteiger partial charge in [0.2, 0.25) is 0 Å². The van der Waals surface area contributed by atoms with Crippen molar-refractivity contribution in [1.82, 2.24) is 4.90 Å².